The van der Waals surface area contributed by atoms with Gasteiger partial charge in [0, 0.05) is 18.2 Å². The molecule has 2 fully saturated rings. The highest BCUT2D eigenvalue weighted by molar-refractivity contribution is 5.84. The van der Waals surface area contributed by atoms with Gasteiger partial charge in [0.1, 0.15) is 5.75 Å². The van der Waals surface area contributed by atoms with E-state index >= 15 is 0 Å². The van der Waals surface area contributed by atoms with E-state index in [1.807, 2.05) is 31.3 Å². The molecule has 33 heavy (non-hydrogen) atoms. The van der Waals surface area contributed by atoms with Crippen molar-refractivity contribution in [2.24, 2.45) is 11.3 Å². The average Bonchev–Trinajstić information content (AvgIpc) is 2.87. The van der Waals surface area contributed by atoms with Gasteiger partial charge in [0.25, 0.3) is 0 Å². The number of likely N-dealkylation sites (tertiary alicyclic amines) is 1. The van der Waals surface area contributed by atoms with Crippen LogP contribution in [0.25, 0.3) is 10.9 Å². The van der Waals surface area contributed by atoms with Gasteiger partial charge >= 0.3 is 0 Å². The minimum absolute atomic E-state index is 0.0727. The molecular weight excluding hydrogens is 412 g/mol. The zero-order chi connectivity index (χ0) is 23.3. The van der Waals surface area contributed by atoms with E-state index in [-0.39, 0.29) is 12.0 Å². The lowest BCUT2D eigenvalue weighted by molar-refractivity contribution is 0.0218. The number of pyridine rings is 1. The summed E-state index contributed by atoms with van der Waals surface area (Å²) < 4.78 is 5.41. The second-order valence-electron chi connectivity index (χ2n) is 10.6. The van der Waals surface area contributed by atoms with Crippen molar-refractivity contribution in [1.82, 2.24) is 9.88 Å². The minimum Gasteiger partial charge on any atom is -0.497 e. The van der Waals surface area contributed by atoms with E-state index in [4.69, 9.17) is 4.74 Å². The summed E-state index contributed by atoms with van der Waals surface area (Å²) in [7, 11) is 1.66. The van der Waals surface area contributed by atoms with Crippen LogP contribution >= 0.6 is 0 Å². The molecule has 5 nitrogen and oxygen atoms in total. The van der Waals surface area contributed by atoms with Crippen LogP contribution in [0, 0.1) is 18.3 Å². The van der Waals surface area contributed by atoms with Crippen molar-refractivity contribution in [2.45, 2.75) is 77.2 Å². The Bertz CT molecular complexity index is 901. The Hall–Kier alpha value is -1.69. The molecule has 1 aliphatic heterocycles. The van der Waals surface area contributed by atoms with E-state index in [0.29, 0.717) is 6.42 Å². The van der Waals surface area contributed by atoms with E-state index in [0.717, 1.165) is 66.0 Å². The Labute approximate surface area is 199 Å². The SMILES string of the molecule is COc1ccc2ncc(C)c([C@H](O)CCC3(CO)CCN(CCC4CCCCC4)CC3)c2c1. The largest absolute Gasteiger partial charge is 0.497 e. The molecule has 2 N–H and O–H groups in total. The minimum atomic E-state index is -0.574. The number of rotatable bonds is 9. The molecule has 1 atom stereocenters. The molecule has 0 spiro atoms. The molecular formula is C28H42N2O3. The van der Waals surface area contributed by atoms with E-state index in [1.54, 1.807) is 7.11 Å². The summed E-state index contributed by atoms with van der Waals surface area (Å²) in [4.78, 5) is 7.13. The van der Waals surface area contributed by atoms with Gasteiger partial charge in [0.2, 0.25) is 0 Å². The van der Waals surface area contributed by atoms with Gasteiger partial charge in [0.15, 0.2) is 0 Å². The van der Waals surface area contributed by atoms with Gasteiger partial charge in [-0.3, -0.25) is 4.98 Å². The van der Waals surface area contributed by atoms with Crippen LogP contribution in [0.1, 0.15) is 81.4 Å². The first-order valence-electron chi connectivity index (χ1n) is 13.0. The normalized spacial score (nSPS) is 20.7. The first-order valence-corrected chi connectivity index (χ1v) is 13.0. The first-order chi connectivity index (χ1) is 16.0. The van der Waals surface area contributed by atoms with E-state index < -0.39 is 6.10 Å². The number of piperidine rings is 1. The molecule has 2 heterocycles. The fraction of sp³-hybridized carbons (Fsp3) is 0.679. The number of hydrogen-bond acceptors (Lipinski definition) is 5. The number of aliphatic hydroxyl groups is 2. The number of nitrogens with zero attached hydrogens (tertiary/aromatic N) is 2. The zero-order valence-electron chi connectivity index (χ0n) is 20.6. The standard InChI is InChI=1S/C28H42N2O3/c1-21-19-29-25-9-8-23(33-2)18-24(25)27(21)26(32)10-12-28(20-31)13-16-30(17-14-28)15-11-22-6-4-3-5-7-22/h8-9,18-19,22,26,31-32H,3-7,10-17,20H2,1-2H3/t26-/m1/s1. The van der Waals surface area contributed by atoms with Gasteiger partial charge in [-0.25, -0.2) is 0 Å². The number of fused-ring (bicyclic) bond motifs is 1. The molecule has 1 saturated carbocycles. The molecule has 1 aromatic carbocycles. The van der Waals surface area contributed by atoms with Gasteiger partial charge in [-0.05, 0) is 99.3 Å². The van der Waals surface area contributed by atoms with Gasteiger partial charge in [-0.2, -0.15) is 0 Å². The van der Waals surface area contributed by atoms with Crippen LogP contribution < -0.4 is 4.74 Å². The second-order valence-corrected chi connectivity index (χ2v) is 10.6. The topological polar surface area (TPSA) is 65.8 Å². The van der Waals surface area contributed by atoms with Gasteiger partial charge in [0.05, 0.1) is 18.7 Å². The maximum atomic E-state index is 11.2. The second kappa shape index (κ2) is 11.2. The summed E-state index contributed by atoms with van der Waals surface area (Å²) >= 11 is 0. The molecule has 0 radical (unpaired) electrons. The van der Waals surface area contributed by atoms with Crippen LogP contribution in [0.5, 0.6) is 5.75 Å². The van der Waals surface area contributed by atoms with Crippen LogP contribution in [0.2, 0.25) is 0 Å². The number of aromatic nitrogens is 1. The molecule has 1 aliphatic carbocycles. The number of benzene rings is 1. The summed E-state index contributed by atoms with van der Waals surface area (Å²) in [6, 6.07) is 5.83. The maximum absolute atomic E-state index is 11.2. The van der Waals surface area contributed by atoms with Crippen molar-refractivity contribution in [2.75, 3.05) is 33.4 Å². The van der Waals surface area contributed by atoms with Gasteiger partial charge in [-0.15, -0.1) is 0 Å². The van der Waals surface area contributed by atoms with E-state index in [9.17, 15) is 10.2 Å². The van der Waals surface area contributed by atoms with Crippen LogP contribution in [0.3, 0.4) is 0 Å². The van der Waals surface area contributed by atoms with Crippen LogP contribution in [-0.2, 0) is 0 Å². The average molecular weight is 455 g/mol. The monoisotopic (exact) mass is 454 g/mol. The summed E-state index contributed by atoms with van der Waals surface area (Å²) in [6.45, 7) is 5.56. The number of hydrogen-bond donors (Lipinski definition) is 2. The van der Waals surface area contributed by atoms with Crippen molar-refractivity contribution < 1.29 is 14.9 Å². The van der Waals surface area contributed by atoms with Crippen molar-refractivity contribution in [3.8, 4) is 5.75 Å². The highest BCUT2D eigenvalue weighted by atomic mass is 16.5. The third-order valence-corrected chi connectivity index (χ3v) is 8.43. The lowest BCUT2D eigenvalue weighted by Gasteiger charge is -2.41. The highest BCUT2D eigenvalue weighted by Gasteiger charge is 2.34. The molecule has 5 heteroatoms. The number of aliphatic hydroxyl groups excluding tert-OH is 2. The molecule has 1 saturated heterocycles. The molecule has 1 aromatic heterocycles. The molecule has 182 valence electrons. The Morgan fingerprint density at radius 1 is 1.18 bits per heavy atom. The van der Waals surface area contributed by atoms with E-state index in [2.05, 4.69) is 9.88 Å². The van der Waals surface area contributed by atoms with Gasteiger partial charge < -0.3 is 19.8 Å². The predicted molar refractivity (Wildman–Crippen MR) is 134 cm³/mol. The van der Waals surface area contributed by atoms with Gasteiger partial charge in [-0.1, -0.05) is 32.1 Å². The molecule has 0 unspecified atom stereocenters. The number of ether oxygens (including phenoxy) is 1. The summed E-state index contributed by atoms with van der Waals surface area (Å²) in [6.07, 6.45) is 13.2. The summed E-state index contributed by atoms with van der Waals surface area (Å²) in [5, 5.41) is 22.5. The zero-order valence-corrected chi connectivity index (χ0v) is 20.6. The summed E-state index contributed by atoms with van der Waals surface area (Å²) in [5.74, 6) is 1.70. The van der Waals surface area contributed by atoms with Crippen LogP contribution in [0.4, 0.5) is 0 Å². The van der Waals surface area contributed by atoms with Crippen LogP contribution in [0.15, 0.2) is 24.4 Å². The predicted octanol–water partition coefficient (Wildman–Crippen LogP) is 5.41. The number of aryl methyl sites for hydroxylation is 1. The van der Waals surface area contributed by atoms with Crippen LogP contribution in [-0.4, -0.2) is 53.4 Å². The van der Waals surface area contributed by atoms with Crippen molar-refractivity contribution in [1.29, 1.82) is 0 Å². The highest BCUT2D eigenvalue weighted by Crippen LogP contribution is 2.40. The van der Waals surface area contributed by atoms with Crippen molar-refractivity contribution in [3.05, 3.63) is 35.5 Å². The summed E-state index contributed by atoms with van der Waals surface area (Å²) in [5.41, 5.74) is 2.74. The maximum Gasteiger partial charge on any atom is 0.119 e. The molecule has 0 bridgehead atoms. The Kier molecular flexibility index (Phi) is 8.26. The Balaban J connectivity index is 1.35. The van der Waals surface area contributed by atoms with Crippen molar-refractivity contribution in [3.63, 3.8) is 0 Å². The first kappa shape index (κ1) is 24.4. The quantitative estimate of drug-likeness (QED) is 0.530. The number of methoxy groups -OCH3 is 1. The third kappa shape index (κ3) is 5.87. The lowest BCUT2D eigenvalue weighted by Crippen LogP contribution is -2.42. The fourth-order valence-corrected chi connectivity index (χ4v) is 6.03. The Morgan fingerprint density at radius 3 is 2.64 bits per heavy atom. The van der Waals surface area contributed by atoms with E-state index in [1.165, 1.54) is 45.1 Å². The Morgan fingerprint density at radius 2 is 1.94 bits per heavy atom. The smallest absolute Gasteiger partial charge is 0.119 e. The molecule has 2 aromatic rings. The van der Waals surface area contributed by atoms with Crippen molar-refractivity contribution >= 4 is 10.9 Å². The lowest BCUT2D eigenvalue weighted by atomic mass is 9.74. The fourth-order valence-electron chi connectivity index (χ4n) is 6.03. The molecule has 0 amide bonds. The molecule has 2 aliphatic rings. The third-order valence-electron chi connectivity index (χ3n) is 8.43. The molecule has 4 rings (SSSR count).